The quantitative estimate of drug-likeness (QED) is 0.118. The van der Waals surface area contributed by atoms with Gasteiger partial charge in [0.25, 0.3) is 0 Å². The van der Waals surface area contributed by atoms with Crippen LogP contribution in [0.4, 0.5) is 13.2 Å². The summed E-state index contributed by atoms with van der Waals surface area (Å²) in [6.07, 6.45) is 5.55. The van der Waals surface area contributed by atoms with E-state index >= 15 is 0 Å². The Balaban J connectivity index is 1.10. The molecule has 9 atom stereocenters. The minimum Gasteiger partial charge on any atom is -0.406 e. The van der Waals surface area contributed by atoms with Gasteiger partial charge >= 0.3 is 6.36 Å². The third-order valence-corrected chi connectivity index (χ3v) is 14.9. The van der Waals surface area contributed by atoms with Crippen molar-refractivity contribution in [3.05, 3.63) is 125 Å². The number of halogens is 3. The van der Waals surface area contributed by atoms with Crippen molar-refractivity contribution in [2.24, 2.45) is 33.5 Å². The first-order chi connectivity index (χ1) is 27.1. The minimum absolute atomic E-state index is 0.00401. The minimum atomic E-state index is -4.81. The maximum Gasteiger partial charge on any atom is 0.573 e. The van der Waals surface area contributed by atoms with Gasteiger partial charge in [0.15, 0.2) is 5.78 Å². The highest BCUT2D eigenvalue weighted by atomic mass is 19.4. The van der Waals surface area contributed by atoms with Gasteiger partial charge in [-0.15, -0.1) is 13.2 Å². The maximum atomic E-state index is 14.8. The second-order valence-corrected chi connectivity index (χ2v) is 18.0. The van der Waals surface area contributed by atoms with Gasteiger partial charge < -0.3 is 24.8 Å². The van der Waals surface area contributed by atoms with Gasteiger partial charge in [0.2, 0.25) is 0 Å². The fourth-order valence-electron chi connectivity index (χ4n) is 12.2. The van der Waals surface area contributed by atoms with Gasteiger partial charge in [0.1, 0.15) is 5.75 Å². The summed E-state index contributed by atoms with van der Waals surface area (Å²) in [5, 5.41) is 35.5. The number of allylic oxidation sites excluding steroid dienone is 4. The topological polar surface area (TPSA) is 99.5 Å². The fraction of sp³-hybridized carbons (Fsp3) is 0.511. The van der Waals surface area contributed by atoms with Gasteiger partial charge in [-0.2, -0.15) is 0 Å². The largest absolute Gasteiger partial charge is 0.573 e. The Labute approximate surface area is 333 Å². The smallest absolute Gasteiger partial charge is 0.406 e. The molecular formula is C47H54F3NO6. The Morgan fingerprint density at radius 3 is 2.21 bits per heavy atom. The van der Waals surface area contributed by atoms with Crippen LogP contribution < -0.4 is 4.74 Å². The number of carbonyl (C=O) groups excluding carboxylic acids is 1. The number of hydrogen-bond acceptors (Lipinski definition) is 7. The lowest BCUT2D eigenvalue weighted by atomic mass is 9.32. The van der Waals surface area contributed by atoms with Crippen LogP contribution in [0.3, 0.4) is 0 Å². The molecule has 6 aliphatic rings. The van der Waals surface area contributed by atoms with E-state index in [9.17, 15) is 33.3 Å². The van der Waals surface area contributed by atoms with E-state index < -0.39 is 40.4 Å². The zero-order valence-corrected chi connectivity index (χ0v) is 32.8. The number of ketones is 1. The zero-order chi connectivity index (χ0) is 40.3. The summed E-state index contributed by atoms with van der Waals surface area (Å²) in [6.45, 7) is 5.56. The molecule has 0 amide bonds. The lowest BCUT2D eigenvalue weighted by molar-refractivity contribution is -0.274. The summed E-state index contributed by atoms with van der Waals surface area (Å²) in [7, 11) is 0. The average molecular weight is 786 g/mol. The van der Waals surface area contributed by atoms with Crippen molar-refractivity contribution in [3.63, 3.8) is 0 Å². The van der Waals surface area contributed by atoms with E-state index in [1.54, 1.807) is 12.1 Å². The number of nitrogens with zero attached hydrogens (tertiary/aromatic N) is 1. The van der Waals surface area contributed by atoms with Crippen molar-refractivity contribution in [2.45, 2.75) is 96.1 Å². The predicted octanol–water partition coefficient (Wildman–Crippen LogP) is 8.44. The molecule has 3 fully saturated rings. The van der Waals surface area contributed by atoms with Gasteiger partial charge in [0.05, 0.1) is 31.0 Å². The van der Waals surface area contributed by atoms with E-state index in [1.807, 2.05) is 65.6 Å². The predicted molar refractivity (Wildman–Crippen MR) is 210 cm³/mol. The van der Waals surface area contributed by atoms with Crippen LogP contribution in [0.2, 0.25) is 0 Å². The molecule has 7 nitrogen and oxygen atoms in total. The Bertz CT molecular complexity index is 1990. The number of aliphatic hydroxyl groups is 3. The SMILES string of the molecule is C[C@]12CC[C@H]3[C@]4(C=C[C@@]5(C=C4C(=O)c4ccccc4)CC(O)CC[C@]35C)[C@@H]1CC[C@@]2(O)CN(Cc1ccc(OC(F)(F)F)cc1)C[C@@H](O)COCc1ccccc1. The van der Waals surface area contributed by atoms with Crippen LogP contribution >= 0.6 is 0 Å². The number of Topliss-reactive ketones (excluding diaryl/α,β-unsaturated/α-hetero) is 1. The Kier molecular flexibility index (Phi) is 10.4. The summed E-state index contributed by atoms with van der Waals surface area (Å²) in [5.41, 5.74) is 0.0497. The molecule has 0 radical (unpaired) electrons. The second-order valence-electron chi connectivity index (χ2n) is 18.0. The zero-order valence-electron chi connectivity index (χ0n) is 32.8. The highest BCUT2D eigenvalue weighted by Gasteiger charge is 2.74. The van der Waals surface area contributed by atoms with Crippen molar-refractivity contribution in [3.8, 4) is 5.75 Å². The molecule has 3 aromatic rings. The molecule has 57 heavy (non-hydrogen) atoms. The van der Waals surface area contributed by atoms with Crippen LogP contribution in [0, 0.1) is 33.5 Å². The number of ether oxygens (including phenoxy) is 2. The number of aliphatic hydroxyl groups excluding tert-OH is 2. The molecule has 0 aromatic heterocycles. The number of alkyl halides is 3. The molecule has 304 valence electrons. The summed E-state index contributed by atoms with van der Waals surface area (Å²) in [5.74, 6) is -0.234. The highest BCUT2D eigenvalue weighted by Crippen LogP contribution is 2.78. The van der Waals surface area contributed by atoms with Gasteiger partial charge in [0, 0.05) is 47.0 Å². The van der Waals surface area contributed by atoms with Crippen LogP contribution in [-0.2, 0) is 17.9 Å². The second kappa shape index (κ2) is 14.8. The van der Waals surface area contributed by atoms with Crippen molar-refractivity contribution in [1.82, 2.24) is 4.90 Å². The number of carbonyl (C=O) groups is 1. The van der Waals surface area contributed by atoms with Gasteiger partial charge in [-0.3, -0.25) is 9.69 Å². The normalized spacial score (nSPS) is 34.6. The number of fused-ring (bicyclic) bond motifs is 1. The Morgan fingerprint density at radius 2 is 1.51 bits per heavy atom. The van der Waals surface area contributed by atoms with Gasteiger partial charge in [-0.25, -0.2) is 0 Å². The molecule has 0 aliphatic heterocycles. The average Bonchev–Trinajstić information content (AvgIpc) is 3.45. The summed E-state index contributed by atoms with van der Waals surface area (Å²) >= 11 is 0. The Hall–Kier alpha value is -3.80. The molecule has 1 unspecified atom stereocenters. The van der Waals surface area contributed by atoms with Gasteiger partial charge in [-0.05, 0) is 85.5 Å². The summed E-state index contributed by atoms with van der Waals surface area (Å²) in [4.78, 5) is 16.8. The lowest BCUT2D eigenvalue weighted by Gasteiger charge is -2.71. The molecule has 0 heterocycles. The van der Waals surface area contributed by atoms with Crippen LogP contribution in [0.15, 0.2) is 109 Å². The van der Waals surface area contributed by atoms with Crippen molar-refractivity contribution >= 4 is 5.78 Å². The first kappa shape index (κ1) is 40.0. The number of hydrogen-bond donors (Lipinski definition) is 3. The first-order valence-electron chi connectivity index (χ1n) is 20.4. The molecule has 10 heteroatoms. The van der Waals surface area contributed by atoms with E-state index in [2.05, 4.69) is 36.8 Å². The third kappa shape index (κ3) is 6.99. The monoisotopic (exact) mass is 785 g/mol. The third-order valence-electron chi connectivity index (χ3n) is 14.9. The van der Waals surface area contributed by atoms with Gasteiger partial charge in [-0.1, -0.05) is 105 Å². The molecule has 3 N–H and O–H groups in total. The molecule has 9 rings (SSSR count). The van der Waals surface area contributed by atoms with Crippen molar-refractivity contribution in [1.29, 1.82) is 0 Å². The number of benzene rings is 3. The van der Waals surface area contributed by atoms with Crippen LogP contribution in [0.25, 0.3) is 0 Å². The van der Waals surface area contributed by atoms with Crippen molar-refractivity contribution < 1.29 is 42.8 Å². The number of rotatable bonds is 13. The summed E-state index contributed by atoms with van der Waals surface area (Å²) in [6, 6.07) is 24.8. The van der Waals surface area contributed by atoms with E-state index in [4.69, 9.17) is 4.74 Å². The lowest BCUT2D eigenvalue weighted by Crippen LogP contribution is -2.67. The molecule has 0 saturated heterocycles. The molecule has 6 aliphatic carbocycles. The molecule has 2 spiro atoms. The summed E-state index contributed by atoms with van der Waals surface area (Å²) < 4.78 is 48.8. The fourth-order valence-corrected chi connectivity index (χ4v) is 12.2. The van der Waals surface area contributed by atoms with Crippen LogP contribution in [-0.4, -0.2) is 69.9 Å². The van der Waals surface area contributed by atoms with E-state index in [0.717, 1.165) is 36.8 Å². The van der Waals surface area contributed by atoms with E-state index in [-0.39, 0.29) is 55.0 Å². The van der Waals surface area contributed by atoms with E-state index in [1.165, 1.54) is 12.1 Å². The molecule has 2 bridgehead atoms. The molecular weight excluding hydrogens is 732 g/mol. The maximum absolute atomic E-state index is 14.8. The highest BCUT2D eigenvalue weighted by molar-refractivity contribution is 6.10. The van der Waals surface area contributed by atoms with E-state index in [0.29, 0.717) is 37.0 Å². The Morgan fingerprint density at radius 1 is 0.860 bits per heavy atom. The molecule has 3 saturated carbocycles. The standard InChI is InChI=1S/C47H54F3NO6/c1-42-20-17-35(52)25-44(42)23-24-46(38(26-44)41(54)34-11-7-4-8-12-34)39(42)18-21-43(2)40(46)19-22-45(43,55)31-51(27-32-13-15-37(16-14-32)57-47(48,49)50)28-36(53)30-56-29-33-9-5-3-6-10-33/h3-16,23-24,26,35-36,39-40,52-53,55H,17-22,25,27-31H2,1-2H3/t35?,36-,39-,40-,42-,43+,44+,45-,46-/m1/s1. The van der Waals surface area contributed by atoms with Crippen molar-refractivity contribution in [2.75, 3.05) is 19.7 Å². The first-order valence-corrected chi connectivity index (χ1v) is 20.4. The van der Waals surface area contributed by atoms with Crippen LogP contribution in [0.1, 0.15) is 80.3 Å². The molecule has 3 aromatic carbocycles. The van der Waals surface area contributed by atoms with Crippen LogP contribution in [0.5, 0.6) is 5.75 Å².